The molecule has 0 aliphatic heterocycles. The molecule has 0 bridgehead atoms. The summed E-state index contributed by atoms with van der Waals surface area (Å²) in [5.41, 5.74) is 4.71. The largest absolute Gasteiger partial charge is 0.462 e. The van der Waals surface area contributed by atoms with Crippen LogP contribution in [0, 0.1) is 29.1 Å². The standard InChI is InChI=1S/C39H66O2/c1-7-8-9-10-11-12-13-14-15-21-38(40)41-35-25-22-31(4)34(29-35)24-23-33-20-17-28-39(6)36(26-27-37(33)39)32(5)19-16-18-30(2)3/h23-24,30,32,35-37H,4,7-22,25-29H2,1-3,5-6H3/b33-23+,34-24-/t32-,35+,36-,37+,39-/m1/s1. The summed E-state index contributed by atoms with van der Waals surface area (Å²) in [7, 11) is 0. The molecular weight excluding hydrogens is 500 g/mol. The number of carbonyl (C=O) groups excluding carboxylic acids is 1. The molecule has 0 amide bonds. The Labute approximate surface area is 255 Å². The minimum Gasteiger partial charge on any atom is -0.462 e. The molecule has 0 spiro atoms. The summed E-state index contributed by atoms with van der Waals surface area (Å²) in [6, 6.07) is 0. The average Bonchev–Trinajstić information content (AvgIpc) is 3.29. The van der Waals surface area contributed by atoms with E-state index in [2.05, 4.69) is 53.3 Å². The van der Waals surface area contributed by atoms with Crippen molar-refractivity contribution in [2.24, 2.45) is 29.1 Å². The molecular formula is C39H66O2. The first-order valence-electron chi connectivity index (χ1n) is 18.0. The first kappa shape index (κ1) is 34.2. The molecule has 0 saturated heterocycles. The van der Waals surface area contributed by atoms with Crippen molar-refractivity contribution in [3.63, 3.8) is 0 Å². The number of fused-ring (bicyclic) bond motifs is 1. The van der Waals surface area contributed by atoms with Crippen molar-refractivity contribution in [3.05, 3.63) is 35.5 Å². The molecule has 0 unspecified atom stereocenters. The van der Waals surface area contributed by atoms with Gasteiger partial charge in [-0.05, 0) is 86.0 Å². The molecule has 0 aromatic rings. The minimum atomic E-state index is 0.00530. The molecule has 3 aliphatic rings. The normalized spacial score (nSPS) is 29.3. The molecule has 0 N–H and O–H groups in total. The van der Waals surface area contributed by atoms with Crippen LogP contribution in [-0.4, -0.2) is 12.1 Å². The maximum atomic E-state index is 12.6. The van der Waals surface area contributed by atoms with Crippen LogP contribution in [0.1, 0.15) is 169 Å². The number of ether oxygens (including phenoxy) is 1. The van der Waals surface area contributed by atoms with Gasteiger partial charge in [0.1, 0.15) is 6.10 Å². The Bertz CT molecular complexity index is 863. The van der Waals surface area contributed by atoms with E-state index in [1.54, 1.807) is 5.57 Å². The summed E-state index contributed by atoms with van der Waals surface area (Å²) in [5, 5.41) is 0. The summed E-state index contributed by atoms with van der Waals surface area (Å²) in [5.74, 6) is 3.28. The summed E-state index contributed by atoms with van der Waals surface area (Å²) in [4.78, 5) is 12.6. The number of rotatable bonds is 17. The highest BCUT2D eigenvalue weighted by Gasteiger charge is 2.50. The van der Waals surface area contributed by atoms with E-state index in [9.17, 15) is 4.79 Å². The molecule has 0 aromatic heterocycles. The van der Waals surface area contributed by atoms with Crippen LogP contribution in [0.5, 0.6) is 0 Å². The first-order chi connectivity index (χ1) is 19.7. The van der Waals surface area contributed by atoms with Gasteiger partial charge in [-0.25, -0.2) is 0 Å². The Balaban J connectivity index is 1.47. The fourth-order valence-electron chi connectivity index (χ4n) is 8.57. The summed E-state index contributed by atoms with van der Waals surface area (Å²) < 4.78 is 5.96. The van der Waals surface area contributed by atoms with Crippen LogP contribution in [-0.2, 0) is 9.53 Å². The Morgan fingerprint density at radius 3 is 2.34 bits per heavy atom. The summed E-state index contributed by atoms with van der Waals surface area (Å²) in [6.45, 7) is 16.5. The van der Waals surface area contributed by atoms with E-state index in [1.165, 1.54) is 107 Å². The smallest absolute Gasteiger partial charge is 0.306 e. The average molecular weight is 567 g/mol. The predicted octanol–water partition coefficient (Wildman–Crippen LogP) is 12.1. The third kappa shape index (κ3) is 10.7. The molecule has 3 rings (SSSR count). The topological polar surface area (TPSA) is 26.3 Å². The lowest BCUT2D eigenvalue weighted by Gasteiger charge is -2.44. The number of esters is 1. The zero-order valence-corrected chi connectivity index (χ0v) is 27.9. The highest BCUT2D eigenvalue weighted by atomic mass is 16.5. The van der Waals surface area contributed by atoms with Gasteiger partial charge in [-0.3, -0.25) is 4.79 Å². The van der Waals surface area contributed by atoms with E-state index < -0.39 is 0 Å². The van der Waals surface area contributed by atoms with Crippen molar-refractivity contribution in [2.45, 2.75) is 176 Å². The van der Waals surface area contributed by atoms with Gasteiger partial charge in [-0.15, -0.1) is 0 Å². The molecule has 41 heavy (non-hydrogen) atoms. The van der Waals surface area contributed by atoms with Crippen molar-refractivity contribution >= 4 is 5.97 Å². The molecule has 3 aliphatic carbocycles. The number of allylic oxidation sites excluding steroid dienone is 4. The van der Waals surface area contributed by atoms with Crippen molar-refractivity contribution in [1.82, 2.24) is 0 Å². The third-order valence-corrected chi connectivity index (χ3v) is 11.1. The van der Waals surface area contributed by atoms with E-state index in [1.807, 2.05) is 0 Å². The van der Waals surface area contributed by atoms with Gasteiger partial charge in [0.05, 0.1) is 0 Å². The Morgan fingerprint density at radius 2 is 1.63 bits per heavy atom. The molecule has 5 atom stereocenters. The maximum absolute atomic E-state index is 12.6. The van der Waals surface area contributed by atoms with Gasteiger partial charge in [0.2, 0.25) is 0 Å². The van der Waals surface area contributed by atoms with E-state index in [0.29, 0.717) is 11.8 Å². The second-order valence-electron chi connectivity index (χ2n) is 14.9. The molecule has 234 valence electrons. The lowest BCUT2D eigenvalue weighted by molar-refractivity contribution is -0.149. The van der Waals surface area contributed by atoms with Crippen LogP contribution < -0.4 is 0 Å². The fraction of sp³-hybridized carbons (Fsp3) is 0.821. The molecule has 2 heteroatoms. The zero-order chi connectivity index (χ0) is 29.7. The zero-order valence-electron chi connectivity index (χ0n) is 27.9. The fourth-order valence-corrected chi connectivity index (χ4v) is 8.57. The van der Waals surface area contributed by atoms with Crippen LogP contribution in [0.25, 0.3) is 0 Å². The highest BCUT2D eigenvalue weighted by molar-refractivity contribution is 5.69. The van der Waals surface area contributed by atoms with E-state index >= 15 is 0 Å². The Hall–Kier alpha value is -1.31. The SMILES string of the molecule is C=C1CC[C@H](OC(=O)CCCCCCCCCCC)C/C1=C/C=C1\CCC[C@]2(C)[C@@H]([C@H](C)CCCC(C)C)CC[C@@H]12. The van der Waals surface area contributed by atoms with E-state index in [-0.39, 0.29) is 12.1 Å². The molecule has 2 nitrogen and oxygen atoms in total. The van der Waals surface area contributed by atoms with Crippen LogP contribution in [0.4, 0.5) is 0 Å². The second kappa shape index (κ2) is 17.7. The predicted molar refractivity (Wildman–Crippen MR) is 177 cm³/mol. The van der Waals surface area contributed by atoms with Crippen molar-refractivity contribution < 1.29 is 9.53 Å². The van der Waals surface area contributed by atoms with E-state index in [4.69, 9.17) is 4.74 Å². The van der Waals surface area contributed by atoms with Crippen LogP contribution in [0.3, 0.4) is 0 Å². The molecule has 3 fully saturated rings. The van der Waals surface area contributed by atoms with Crippen molar-refractivity contribution in [1.29, 1.82) is 0 Å². The van der Waals surface area contributed by atoms with Gasteiger partial charge < -0.3 is 4.74 Å². The quantitative estimate of drug-likeness (QED) is 0.129. The van der Waals surface area contributed by atoms with Crippen LogP contribution in [0.2, 0.25) is 0 Å². The monoisotopic (exact) mass is 567 g/mol. The third-order valence-electron chi connectivity index (χ3n) is 11.1. The van der Waals surface area contributed by atoms with Crippen molar-refractivity contribution in [3.8, 4) is 0 Å². The number of hydrogen-bond acceptors (Lipinski definition) is 2. The highest BCUT2D eigenvalue weighted by Crippen LogP contribution is 2.60. The van der Waals surface area contributed by atoms with E-state index in [0.717, 1.165) is 55.8 Å². The number of unbranched alkanes of at least 4 members (excludes halogenated alkanes) is 8. The van der Waals surface area contributed by atoms with Gasteiger partial charge in [0.25, 0.3) is 0 Å². The molecule has 0 heterocycles. The molecule has 0 radical (unpaired) electrons. The van der Waals surface area contributed by atoms with Gasteiger partial charge in [-0.2, -0.15) is 0 Å². The van der Waals surface area contributed by atoms with Crippen molar-refractivity contribution in [2.75, 3.05) is 0 Å². The maximum Gasteiger partial charge on any atom is 0.306 e. The number of hydrogen-bond donors (Lipinski definition) is 0. The van der Waals surface area contributed by atoms with Gasteiger partial charge in [0.15, 0.2) is 0 Å². The first-order valence-corrected chi connectivity index (χ1v) is 18.0. The van der Waals surface area contributed by atoms with Crippen LogP contribution in [0.15, 0.2) is 35.5 Å². The Morgan fingerprint density at radius 1 is 0.927 bits per heavy atom. The second-order valence-corrected chi connectivity index (χ2v) is 14.9. The van der Waals surface area contributed by atoms with Crippen LogP contribution >= 0.6 is 0 Å². The lowest BCUT2D eigenvalue weighted by Crippen LogP contribution is -2.36. The van der Waals surface area contributed by atoms with Gasteiger partial charge in [0, 0.05) is 12.8 Å². The molecule has 0 aromatic carbocycles. The number of carbonyl (C=O) groups is 1. The lowest BCUT2D eigenvalue weighted by atomic mass is 9.60. The summed E-state index contributed by atoms with van der Waals surface area (Å²) in [6.07, 6.45) is 30.5. The molecule has 3 saturated carbocycles. The minimum absolute atomic E-state index is 0.00530. The van der Waals surface area contributed by atoms with Gasteiger partial charge in [-0.1, -0.05) is 135 Å². The Kier molecular flexibility index (Phi) is 14.8. The van der Waals surface area contributed by atoms with Gasteiger partial charge >= 0.3 is 5.97 Å². The summed E-state index contributed by atoms with van der Waals surface area (Å²) >= 11 is 0.